The summed E-state index contributed by atoms with van der Waals surface area (Å²) in [4.78, 5) is 8.50. The molecule has 4 nitrogen and oxygen atoms in total. The van der Waals surface area contributed by atoms with Crippen LogP contribution >= 0.6 is 15.9 Å². The van der Waals surface area contributed by atoms with Gasteiger partial charge in [-0.1, -0.05) is 0 Å². The number of aromatic nitrogens is 2. The maximum atomic E-state index is 5.42. The Morgan fingerprint density at radius 2 is 1.89 bits per heavy atom. The molecule has 0 aliphatic carbocycles. The molecule has 0 bridgehead atoms. The van der Waals surface area contributed by atoms with Crippen LogP contribution in [-0.4, -0.2) is 9.97 Å². The zero-order chi connectivity index (χ0) is 12.4. The quantitative estimate of drug-likeness (QED) is 0.803. The topological polar surface area (TPSA) is 51.0 Å². The van der Waals surface area contributed by atoms with Gasteiger partial charge in [-0.05, 0) is 46.3 Å². The highest BCUT2D eigenvalue weighted by molar-refractivity contribution is 9.10. The normalized spacial score (nSPS) is 10.7. The van der Waals surface area contributed by atoms with E-state index in [1.54, 1.807) is 12.4 Å². The summed E-state index contributed by atoms with van der Waals surface area (Å²) in [6, 6.07) is 9.71. The first-order valence-corrected chi connectivity index (χ1v) is 6.29. The third-order valence-corrected chi connectivity index (χ3v) is 2.99. The van der Waals surface area contributed by atoms with Crippen molar-refractivity contribution in [2.45, 2.75) is 6.54 Å². The van der Waals surface area contributed by atoms with Crippen molar-refractivity contribution in [1.29, 1.82) is 0 Å². The Labute approximate surface area is 112 Å². The first-order chi connectivity index (χ1) is 8.81. The second-order valence-corrected chi connectivity index (χ2v) is 4.60. The van der Waals surface area contributed by atoms with Crippen molar-refractivity contribution in [1.82, 2.24) is 9.97 Å². The molecule has 90 valence electrons. The summed E-state index contributed by atoms with van der Waals surface area (Å²) in [5, 5.41) is 3.28. The van der Waals surface area contributed by atoms with Gasteiger partial charge in [0, 0.05) is 18.1 Å². The molecule has 5 heteroatoms. The highest BCUT2D eigenvalue weighted by atomic mass is 79.9. The first-order valence-electron chi connectivity index (χ1n) is 5.50. The van der Waals surface area contributed by atoms with Crippen LogP contribution in [0.25, 0.3) is 11.0 Å². The van der Waals surface area contributed by atoms with Crippen LogP contribution < -0.4 is 5.32 Å². The summed E-state index contributed by atoms with van der Waals surface area (Å²) in [6.07, 6.45) is 3.38. The molecule has 2 aromatic heterocycles. The number of anilines is 1. The van der Waals surface area contributed by atoms with Crippen LogP contribution in [0.2, 0.25) is 0 Å². The summed E-state index contributed by atoms with van der Waals surface area (Å²) in [5.41, 5.74) is 2.77. The molecular formula is C13H10BrN3O. The molecule has 0 fully saturated rings. The molecule has 0 aliphatic rings. The second kappa shape index (κ2) is 4.78. The van der Waals surface area contributed by atoms with E-state index >= 15 is 0 Å². The Balaban J connectivity index is 1.78. The van der Waals surface area contributed by atoms with Gasteiger partial charge in [-0.3, -0.25) is 9.97 Å². The van der Waals surface area contributed by atoms with Gasteiger partial charge in [0.15, 0.2) is 4.67 Å². The van der Waals surface area contributed by atoms with Crippen molar-refractivity contribution in [2.75, 3.05) is 5.32 Å². The van der Waals surface area contributed by atoms with Gasteiger partial charge < -0.3 is 9.73 Å². The maximum absolute atomic E-state index is 5.42. The number of benzene rings is 1. The molecule has 0 saturated carbocycles. The maximum Gasteiger partial charge on any atom is 0.169 e. The van der Waals surface area contributed by atoms with Crippen molar-refractivity contribution in [3.05, 3.63) is 53.2 Å². The lowest BCUT2D eigenvalue weighted by Gasteiger charge is -2.05. The first kappa shape index (κ1) is 11.2. The summed E-state index contributed by atoms with van der Waals surface area (Å²) < 4.78 is 6.16. The van der Waals surface area contributed by atoms with E-state index in [2.05, 4.69) is 31.2 Å². The largest absolute Gasteiger partial charge is 0.452 e. The molecule has 0 radical (unpaired) electrons. The van der Waals surface area contributed by atoms with Crippen LogP contribution in [0.4, 0.5) is 5.69 Å². The lowest BCUT2D eigenvalue weighted by Crippen LogP contribution is -1.98. The number of nitrogens with one attached hydrogen (secondary N) is 1. The molecule has 0 spiro atoms. The fourth-order valence-electron chi connectivity index (χ4n) is 1.71. The number of hydrogen-bond donors (Lipinski definition) is 1. The van der Waals surface area contributed by atoms with Gasteiger partial charge in [0.2, 0.25) is 0 Å². The SMILES string of the molecule is Brc1ccc(CNc2ccc3nccnc3c2)o1. The lowest BCUT2D eigenvalue weighted by molar-refractivity contribution is 0.495. The molecule has 0 unspecified atom stereocenters. The van der Waals surface area contributed by atoms with E-state index in [9.17, 15) is 0 Å². The highest BCUT2D eigenvalue weighted by Gasteiger charge is 2.01. The Bertz CT molecular complexity index is 681. The van der Waals surface area contributed by atoms with Crippen LogP contribution in [0.5, 0.6) is 0 Å². The average molecular weight is 304 g/mol. The average Bonchev–Trinajstić information content (AvgIpc) is 2.82. The lowest BCUT2D eigenvalue weighted by atomic mass is 10.2. The van der Waals surface area contributed by atoms with Gasteiger partial charge in [-0.2, -0.15) is 0 Å². The second-order valence-electron chi connectivity index (χ2n) is 3.82. The fourth-order valence-corrected chi connectivity index (χ4v) is 2.05. The highest BCUT2D eigenvalue weighted by Crippen LogP contribution is 2.18. The summed E-state index contributed by atoms with van der Waals surface area (Å²) >= 11 is 3.28. The summed E-state index contributed by atoms with van der Waals surface area (Å²) in [6.45, 7) is 0.636. The van der Waals surface area contributed by atoms with Gasteiger partial charge in [0.05, 0.1) is 17.6 Å². The molecular weight excluding hydrogens is 294 g/mol. The van der Waals surface area contributed by atoms with Gasteiger partial charge in [0.25, 0.3) is 0 Å². The molecule has 1 aromatic carbocycles. The van der Waals surface area contributed by atoms with E-state index in [-0.39, 0.29) is 0 Å². The van der Waals surface area contributed by atoms with E-state index in [1.807, 2.05) is 30.3 Å². The number of halogens is 1. The van der Waals surface area contributed by atoms with Gasteiger partial charge in [0.1, 0.15) is 5.76 Å². The van der Waals surface area contributed by atoms with Crippen LogP contribution in [0, 0.1) is 0 Å². The minimum Gasteiger partial charge on any atom is -0.452 e. The van der Waals surface area contributed by atoms with Crippen LogP contribution in [-0.2, 0) is 6.54 Å². The van der Waals surface area contributed by atoms with E-state index in [0.29, 0.717) is 6.54 Å². The Morgan fingerprint density at radius 1 is 1.06 bits per heavy atom. The minimum atomic E-state index is 0.636. The van der Waals surface area contributed by atoms with E-state index < -0.39 is 0 Å². The Kier molecular flexibility index (Phi) is 2.98. The number of rotatable bonds is 3. The van der Waals surface area contributed by atoms with Crippen LogP contribution in [0.1, 0.15) is 5.76 Å². The van der Waals surface area contributed by atoms with Crippen molar-refractivity contribution in [3.63, 3.8) is 0 Å². The molecule has 2 heterocycles. The van der Waals surface area contributed by atoms with Crippen molar-refractivity contribution in [2.24, 2.45) is 0 Å². The van der Waals surface area contributed by atoms with Crippen molar-refractivity contribution in [3.8, 4) is 0 Å². The number of hydrogen-bond acceptors (Lipinski definition) is 4. The molecule has 18 heavy (non-hydrogen) atoms. The molecule has 0 atom stereocenters. The fraction of sp³-hybridized carbons (Fsp3) is 0.0769. The Hall–Kier alpha value is -1.88. The van der Waals surface area contributed by atoms with Crippen LogP contribution in [0.3, 0.4) is 0 Å². The molecule has 0 amide bonds. The van der Waals surface area contributed by atoms with Crippen molar-refractivity contribution < 1.29 is 4.42 Å². The third kappa shape index (κ3) is 2.36. The van der Waals surface area contributed by atoms with Gasteiger partial charge >= 0.3 is 0 Å². The zero-order valence-electron chi connectivity index (χ0n) is 9.43. The predicted octanol–water partition coefficient (Wildman–Crippen LogP) is 3.60. The van der Waals surface area contributed by atoms with E-state index in [0.717, 1.165) is 27.2 Å². The Morgan fingerprint density at radius 3 is 2.67 bits per heavy atom. The molecule has 0 saturated heterocycles. The minimum absolute atomic E-state index is 0.636. The number of nitrogens with zero attached hydrogens (tertiary/aromatic N) is 2. The smallest absolute Gasteiger partial charge is 0.169 e. The molecule has 3 aromatic rings. The third-order valence-electron chi connectivity index (χ3n) is 2.56. The van der Waals surface area contributed by atoms with Gasteiger partial charge in [-0.15, -0.1) is 0 Å². The molecule has 3 rings (SSSR count). The van der Waals surface area contributed by atoms with Gasteiger partial charge in [-0.25, -0.2) is 0 Å². The molecule has 1 N–H and O–H groups in total. The van der Waals surface area contributed by atoms with Crippen molar-refractivity contribution >= 4 is 32.7 Å². The van der Waals surface area contributed by atoms with E-state index in [4.69, 9.17) is 4.42 Å². The zero-order valence-corrected chi connectivity index (χ0v) is 11.0. The standard InChI is InChI=1S/C13H10BrN3O/c14-13-4-2-10(18-13)8-17-9-1-3-11-12(7-9)16-6-5-15-11/h1-7,17H,8H2. The van der Waals surface area contributed by atoms with Crippen LogP contribution in [0.15, 0.2) is 51.8 Å². The number of fused-ring (bicyclic) bond motifs is 1. The van der Waals surface area contributed by atoms with E-state index in [1.165, 1.54) is 0 Å². The predicted molar refractivity (Wildman–Crippen MR) is 73.3 cm³/mol. The summed E-state index contributed by atoms with van der Waals surface area (Å²) in [5.74, 6) is 0.876. The summed E-state index contributed by atoms with van der Waals surface area (Å²) in [7, 11) is 0. The number of furan rings is 1. The monoisotopic (exact) mass is 303 g/mol. The molecule has 0 aliphatic heterocycles.